The highest BCUT2D eigenvalue weighted by molar-refractivity contribution is 5.94. The lowest BCUT2D eigenvalue weighted by Crippen LogP contribution is -2.40. The molecule has 0 bridgehead atoms. The Labute approximate surface area is 147 Å². The first-order valence-corrected chi connectivity index (χ1v) is 8.56. The van der Waals surface area contributed by atoms with Crippen LogP contribution in [0.3, 0.4) is 0 Å². The predicted octanol–water partition coefficient (Wildman–Crippen LogP) is 2.49. The Balaban J connectivity index is 1.70. The molecular formula is C19H23N3O3. The van der Waals surface area contributed by atoms with Gasteiger partial charge in [0.2, 0.25) is 0 Å². The highest BCUT2D eigenvalue weighted by Crippen LogP contribution is 2.20. The number of carboxylic acid groups (broad SMARTS) is 1. The summed E-state index contributed by atoms with van der Waals surface area (Å²) in [5.41, 5.74) is 3.74. The van der Waals surface area contributed by atoms with Crippen LogP contribution in [0.1, 0.15) is 40.2 Å². The summed E-state index contributed by atoms with van der Waals surface area (Å²) < 4.78 is 1.93. The number of rotatable bonds is 4. The van der Waals surface area contributed by atoms with E-state index in [1.807, 2.05) is 48.9 Å². The molecule has 0 radical (unpaired) electrons. The van der Waals surface area contributed by atoms with Crippen LogP contribution in [0.5, 0.6) is 0 Å². The Morgan fingerprint density at radius 3 is 2.52 bits per heavy atom. The van der Waals surface area contributed by atoms with Gasteiger partial charge in [0.15, 0.2) is 0 Å². The summed E-state index contributed by atoms with van der Waals surface area (Å²) in [6.45, 7) is 5.60. The Kier molecular flexibility index (Phi) is 4.88. The van der Waals surface area contributed by atoms with Crippen LogP contribution in [0.25, 0.3) is 0 Å². The summed E-state index contributed by atoms with van der Waals surface area (Å²) in [6.07, 6.45) is 1.04. The minimum absolute atomic E-state index is 0.0287. The van der Waals surface area contributed by atoms with Crippen molar-refractivity contribution in [1.82, 2.24) is 14.7 Å². The van der Waals surface area contributed by atoms with Gasteiger partial charge in [-0.3, -0.25) is 14.3 Å². The van der Waals surface area contributed by atoms with E-state index in [1.54, 1.807) is 4.90 Å². The van der Waals surface area contributed by atoms with E-state index in [1.165, 1.54) is 0 Å². The molecule has 0 aliphatic carbocycles. The van der Waals surface area contributed by atoms with Crippen LogP contribution >= 0.6 is 0 Å². The van der Waals surface area contributed by atoms with Gasteiger partial charge in [-0.25, -0.2) is 0 Å². The maximum absolute atomic E-state index is 12.7. The third-order valence-electron chi connectivity index (χ3n) is 4.74. The number of aliphatic carboxylic acids is 1. The fourth-order valence-electron chi connectivity index (χ4n) is 3.32. The van der Waals surface area contributed by atoms with E-state index in [2.05, 4.69) is 5.10 Å². The largest absolute Gasteiger partial charge is 0.481 e. The van der Waals surface area contributed by atoms with Crippen LogP contribution in [-0.2, 0) is 11.3 Å². The molecule has 1 aromatic heterocycles. The van der Waals surface area contributed by atoms with Crippen molar-refractivity contribution in [2.75, 3.05) is 13.1 Å². The number of hydrogen-bond acceptors (Lipinski definition) is 3. The van der Waals surface area contributed by atoms with Gasteiger partial charge in [0, 0.05) is 24.3 Å². The van der Waals surface area contributed by atoms with Crippen LogP contribution in [0.15, 0.2) is 30.3 Å². The molecule has 0 unspecified atom stereocenters. The fraction of sp³-hybridized carbons (Fsp3) is 0.421. The van der Waals surface area contributed by atoms with Crippen LogP contribution in [0.2, 0.25) is 0 Å². The second kappa shape index (κ2) is 7.09. The summed E-state index contributed by atoms with van der Waals surface area (Å²) in [5.74, 6) is -1.13. The first kappa shape index (κ1) is 17.2. The number of hydrogen-bond donors (Lipinski definition) is 1. The van der Waals surface area contributed by atoms with E-state index < -0.39 is 5.97 Å². The van der Waals surface area contributed by atoms with E-state index in [0.29, 0.717) is 38.0 Å². The highest BCUT2D eigenvalue weighted by atomic mass is 16.4. The number of benzene rings is 1. The highest BCUT2D eigenvalue weighted by Gasteiger charge is 2.27. The first-order valence-electron chi connectivity index (χ1n) is 8.56. The lowest BCUT2D eigenvalue weighted by atomic mass is 9.96. The monoisotopic (exact) mass is 341 g/mol. The first-order chi connectivity index (χ1) is 11.9. The Hall–Kier alpha value is -2.63. The lowest BCUT2D eigenvalue weighted by molar-refractivity contribution is -0.143. The Bertz CT molecular complexity index is 789. The average molecular weight is 341 g/mol. The zero-order valence-electron chi connectivity index (χ0n) is 14.6. The molecule has 0 atom stereocenters. The normalized spacial score (nSPS) is 15.4. The van der Waals surface area contributed by atoms with Crippen molar-refractivity contribution in [3.63, 3.8) is 0 Å². The predicted molar refractivity (Wildman–Crippen MR) is 93.5 cm³/mol. The fourth-order valence-corrected chi connectivity index (χ4v) is 3.32. The molecule has 0 saturated carbocycles. The van der Waals surface area contributed by atoms with Gasteiger partial charge in [-0.15, -0.1) is 0 Å². The van der Waals surface area contributed by atoms with Crippen LogP contribution in [-0.4, -0.2) is 44.8 Å². The maximum Gasteiger partial charge on any atom is 0.306 e. The molecule has 1 saturated heterocycles. The quantitative estimate of drug-likeness (QED) is 0.927. The smallest absolute Gasteiger partial charge is 0.306 e. The number of likely N-dealkylation sites (tertiary alicyclic amines) is 1. The summed E-state index contributed by atoms with van der Waals surface area (Å²) in [5, 5.41) is 13.5. The molecule has 1 amide bonds. The summed E-state index contributed by atoms with van der Waals surface area (Å²) in [7, 11) is 0. The zero-order chi connectivity index (χ0) is 18.0. The SMILES string of the molecule is Cc1cc(C)n(Cc2cccc(C(=O)N3CCC(C(=O)O)CC3)c2)n1. The van der Waals surface area contributed by atoms with E-state index in [0.717, 1.165) is 17.0 Å². The summed E-state index contributed by atoms with van der Waals surface area (Å²) >= 11 is 0. The van der Waals surface area contributed by atoms with Crippen LogP contribution < -0.4 is 0 Å². The number of amides is 1. The Morgan fingerprint density at radius 2 is 1.92 bits per heavy atom. The van der Waals surface area contributed by atoms with Crippen molar-refractivity contribution in [3.05, 3.63) is 52.8 Å². The van der Waals surface area contributed by atoms with Gasteiger partial charge in [0.1, 0.15) is 0 Å². The molecule has 25 heavy (non-hydrogen) atoms. The molecule has 2 aromatic rings. The van der Waals surface area contributed by atoms with Gasteiger partial charge in [0.25, 0.3) is 5.91 Å². The zero-order valence-corrected chi connectivity index (χ0v) is 14.6. The van der Waals surface area contributed by atoms with E-state index in [4.69, 9.17) is 5.11 Å². The van der Waals surface area contributed by atoms with Crippen molar-refractivity contribution in [1.29, 1.82) is 0 Å². The molecule has 1 aliphatic rings. The number of aromatic nitrogens is 2. The number of nitrogens with zero attached hydrogens (tertiary/aromatic N) is 3. The maximum atomic E-state index is 12.7. The third kappa shape index (κ3) is 3.90. The van der Waals surface area contributed by atoms with Crippen molar-refractivity contribution < 1.29 is 14.7 Å². The van der Waals surface area contributed by atoms with Gasteiger partial charge in [-0.2, -0.15) is 5.10 Å². The number of carbonyl (C=O) groups is 2. The molecular weight excluding hydrogens is 318 g/mol. The molecule has 0 spiro atoms. The molecule has 2 heterocycles. The van der Waals surface area contributed by atoms with Crippen molar-refractivity contribution in [3.8, 4) is 0 Å². The van der Waals surface area contributed by atoms with E-state index in [-0.39, 0.29) is 11.8 Å². The summed E-state index contributed by atoms with van der Waals surface area (Å²) in [4.78, 5) is 25.5. The van der Waals surface area contributed by atoms with Gasteiger partial charge in [-0.05, 0) is 50.5 Å². The van der Waals surface area contributed by atoms with Crippen molar-refractivity contribution >= 4 is 11.9 Å². The second-order valence-electron chi connectivity index (χ2n) is 6.69. The van der Waals surface area contributed by atoms with Crippen LogP contribution in [0, 0.1) is 19.8 Å². The molecule has 1 N–H and O–H groups in total. The van der Waals surface area contributed by atoms with Gasteiger partial charge >= 0.3 is 5.97 Å². The van der Waals surface area contributed by atoms with Gasteiger partial charge in [-0.1, -0.05) is 12.1 Å². The number of piperidine rings is 1. The molecule has 132 valence electrons. The summed E-state index contributed by atoms with van der Waals surface area (Å²) in [6, 6.07) is 9.63. The van der Waals surface area contributed by atoms with Gasteiger partial charge < -0.3 is 10.0 Å². The minimum atomic E-state index is -0.765. The Morgan fingerprint density at radius 1 is 1.20 bits per heavy atom. The third-order valence-corrected chi connectivity index (χ3v) is 4.74. The molecule has 6 nitrogen and oxygen atoms in total. The average Bonchev–Trinajstić information content (AvgIpc) is 2.91. The standard InChI is InChI=1S/C19H23N3O3/c1-13-10-14(2)22(20-13)12-15-4-3-5-17(11-15)18(23)21-8-6-16(7-9-21)19(24)25/h3-5,10-11,16H,6-9,12H2,1-2H3,(H,24,25). The number of aryl methyl sites for hydroxylation is 2. The molecule has 3 rings (SSSR count). The van der Waals surface area contributed by atoms with Gasteiger partial charge in [0.05, 0.1) is 18.2 Å². The molecule has 1 fully saturated rings. The lowest BCUT2D eigenvalue weighted by Gasteiger charge is -2.30. The minimum Gasteiger partial charge on any atom is -0.481 e. The van der Waals surface area contributed by atoms with Crippen molar-refractivity contribution in [2.24, 2.45) is 5.92 Å². The van der Waals surface area contributed by atoms with E-state index >= 15 is 0 Å². The molecule has 6 heteroatoms. The molecule has 1 aromatic carbocycles. The number of carboxylic acids is 1. The van der Waals surface area contributed by atoms with E-state index in [9.17, 15) is 9.59 Å². The topological polar surface area (TPSA) is 75.4 Å². The van der Waals surface area contributed by atoms with Crippen LogP contribution in [0.4, 0.5) is 0 Å². The van der Waals surface area contributed by atoms with Crippen molar-refractivity contribution in [2.45, 2.75) is 33.2 Å². The molecule has 1 aliphatic heterocycles. The number of carbonyl (C=O) groups excluding carboxylic acids is 1. The second-order valence-corrected chi connectivity index (χ2v) is 6.69.